The van der Waals surface area contributed by atoms with Gasteiger partial charge in [-0.2, -0.15) is 0 Å². The van der Waals surface area contributed by atoms with Crippen molar-refractivity contribution in [2.75, 3.05) is 19.6 Å². The van der Waals surface area contributed by atoms with Gasteiger partial charge in [0.05, 0.1) is 0 Å². The predicted octanol–water partition coefficient (Wildman–Crippen LogP) is -0.0539. The third kappa shape index (κ3) is 9.78. The van der Waals surface area contributed by atoms with E-state index in [1.807, 2.05) is 0 Å². The predicted molar refractivity (Wildman–Crippen MR) is 124 cm³/mol. The van der Waals surface area contributed by atoms with Crippen LogP contribution in [0.5, 0.6) is 5.75 Å². The van der Waals surface area contributed by atoms with Crippen molar-refractivity contribution in [3.63, 3.8) is 0 Å². The van der Waals surface area contributed by atoms with Crippen LogP contribution in [0.2, 0.25) is 0 Å². The number of carbonyl (C=O) groups excluding carboxylic acids is 3. The number of rotatable bonds is 13. The smallest absolute Gasteiger partial charge is 0.404 e. The van der Waals surface area contributed by atoms with Gasteiger partial charge >= 0.3 is 7.82 Å². The lowest BCUT2D eigenvalue weighted by Crippen LogP contribution is -2.54. The number of nitrogens with zero attached hydrogens (tertiary/aromatic N) is 1. The summed E-state index contributed by atoms with van der Waals surface area (Å²) in [5.41, 5.74) is 3.21. The fraction of sp³-hybridized carbons (Fsp3) is 0.571. The van der Waals surface area contributed by atoms with Crippen LogP contribution in [0.4, 0.5) is 0 Å². The zero-order valence-electron chi connectivity index (χ0n) is 19.2. The number of benzene rings is 1. The SMILES string of the molecule is CC(=O)N[C@@H](CCCCNN)C(=O)N[C@@H](Cc1ccc(OP(=O)(O)O)cc1)C(=O)N1CCCC1. The van der Waals surface area contributed by atoms with E-state index < -0.39 is 25.8 Å². The second kappa shape index (κ2) is 13.4. The third-order valence-electron chi connectivity index (χ3n) is 5.38. The van der Waals surface area contributed by atoms with Crippen LogP contribution in [0.15, 0.2) is 24.3 Å². The first kappa shape index (κ1) is 27.7. The molecule has 1 aliphatic heterocycles. The first-order chi connectivity index (χ1) is 16.1. The number of hydrogen-bond acceptors (Lipinski definition) is 7. The van der Waals surface area contributed by atoms with Gasteiger partial charge in [-0.25, -0.2) is 4.57 Å². The highest BCUT2D eigenvalue weighted by Gasteiger charge is 2.30. The number of hydrazine groups is 1. The van der Waals surface area contributed by atoms with Crippen LogP contribution in [-0.2, 0) is 25.4 Å². The van der Waals surface area contributed by atoms with Crippen molar-refractivity contribution in [2.24, 2.45) is 5.84 Å². The lowest BCUT2D eigenvalue weighted by atomic mass is 10.0. The molecule has 0 saturated carbocycles. The van der Waals surface area contributed by atoms with Gasteiger partial charge in [-0.3, -0.25) is 35.4 Å². The molecule has 7 N–H and O–H groups in total. The first-order valence-corrected chi connectivity index (χ1v) is 12.8. The number of phosphoric ester groups is 1. The molecule has 2 rings (SSSR count). The number of hydrogen-bond donors (Lipinski definition) is 6. The zero-order valence-corrected chi connectivity index (χ0v) is 20.1. The van der Waals surface area contributed by atoms with Gasteiger partial charge in [0.2, 0.25) is 17.7 Å². The average molecular weight is 500 g/mol. The summed E-state index contributed by atoms with van der Waals surface area (Å²) in [5, 5.41) is 5.45. The minimum Gasteiger partial charge on any atom is -0.404 e. The summed E-state index contributed by atoms with van der Waals surface area (Å²) in [6.07, 6.45) is 3.72. The summed E-state index contributed by atoms with van der Waals surface area (Å²) in [6.45, 7) is 3.13. The number of nitrogens with one attached hydrogen (secondary N) is 3. The van der Waals surface area contributed by atoms with E-state index in [-0.39, 0.29) is 24.0 Å². The number of unbranched alkanes of at least 4 members (excludes halogenated alkanes) is 1. The Labute approximate surface area is 198 Å². The lowest BCUT2D eigenvalue weighted by Gasteiger charge is -2.26. The normalized spacial score (nSPS) is 15.5. The Morgan fingerprint density at radius 3 is 2.29 bits per heavy atom. The number of phosphoric acid groups is 1. The molecule has 190 valence electrons. The summed E-state index contributed by atoms with van der Waals surface area (Å²) in [5.74, 6) is 4.25. The molecule has 0 spiro atoms. The van der Waals surface area contributed by atoms with Crippen molar-refractivity contribution in [3.05, 3.63) is 29.8 Å². The number of amides is 3. The molecule has 0 aromatic heterocycles. The Morgan fingerprint density at radius 1 is 1.09 bits per heavy atom. The van der Waals surface area contributed by atoms with Gasteiger partial charge in [-0.1, -0.05) is 12.1 Å². The van der Waals surface area contributed by atoms with Crippen LogP contribution in [0.3, 0.4) is 0 Å². The molecular formula is C21H34N5O7P. The van der Waals surface area contributed by atoms with E-state index in [1.165, 1.54) is 19.1 Å². The molecule has 1 aliphatic rings. The van der Waals surface area contributed by atoms with E-state index >= 15 is 0 Å². The number of carbonyl (C=O) groups is 3. The number of nitrogens with two attached hydrogens (primary N) is 1. The van der Waals surface area contributed by atoms with Crippen LogP contribution < -0.4 is 26.4 Å². The minimum absolute atomic E-state index is 0.0128. The van der Waals surface area contributed by atoms with E-state index in [4.69, 9.17) is 15.6 Å². The zero-order chi connectivity index (χ0) is 25.1. The van der Waals surface area contributed by atoms with Crippen molar-refractivity contribution < 1.29 is 33.3 Å². The highest BCUT2D eigenvalue weighted by molar-refractivity contribution is 7.46. The van der Waals surface area contributed by atoms with E-state index in [2.05, 4.69) is 20.6 Å². The second-order valence-corrected chi connectivity index (χ2v) is 9.39. The molecule has 12 nitrogen and oxygen atoms in total. The van der Waals surface area contributed by atoms with Gasteiger partial charge in [-0.15, -0.1) is 0 Å². The van der Waals surface area contributed by atoms with Crippen molar-refractivity contribution in [1.29, 1.82) is 0 Å². The first-order valence-electron chi connectivity index (χ1n) is 11.2. The van der Waals surface area contributed by atoms with E-state index in [0.29, 0.717) is 38.0 Å². The Hall–Kier alpha value is -2.50. The molecule has 2 atom stereocenters. The van der Waals surface area contributed by atoms with Crippen LogP contribution >= 0.6 is 7.82 Å². The van der Waals surface area contributed by atoms with Gasteiger partial charge in [0.1, 0.15) is 17.8 Å². The molecule has 1 aromatic carbocycles. The van der Waals surface area contributed by atoms with Gasteiger partial charge < -0.3 is 20.1 Å². The van der Waals surface area contributed by atoms with Crippen molar-refractivity contribution in [2.45, 2.75) is 57.5 Å². The highest BCUT2D eigenvalue weighted by Crippen LogP contribution is 2.37. The molecule has 0 aliphatic carbocycles. The maximum Gasteiger partial charge on any atom is 0.524 e. The van der Waals surface area contributed by atoms with Gasteiger partial charge in [0.25, 0.3) is 0 Å². The average Bonchev–Trinajstić information content (AvgIpc) is 3.30. The molecule has 1 aromatic rings. The summed E-state index contributed by atoms with van der Waals surface area (Å²) in [7, 11) is -4.68. The Balaban J connectivity index is 2.13. The van der Waals surface area contributed by atoms with E-state index in [0.717, 1.165) is 19.3 Å². The van der Waals surface area contributed by atoms with Gasteiger partial charge in [0, 0.05) is 33.0 Å². The molecule has 34 heavy (non-hydrogen) atoms. The van der Waals surface area contributed by atoms with E-state index in [1.54, 1.807) is 17.0 Å². The Morgan fingerprint density at radius 2 is 1.74 bits per heavy atom. The molecule has 0 radical (unpaired) electrons. The lowest BCUT2D eigenvalue weighted by molar-refractivity contribution is -0.136. The molecule has 3 amide bonds. The quantitative estimate of drug-likeness (QED) is 0.0937. The Bertz CT molecular complexity index is 871. The highest BCUT2D eigenvalue weighted by atomic mass is 31.2. The molecule has 1 saturated heterocycles. The second-order valence-electron chi connectivity index (χ2n) is 8.23. The fourth-order valence-electron chi connectivity index (χ4n) is 3.78. The molecule has 1 heterocycles. The van der Waals surface area contributed by atoms with Gasteiger partial charge in [-0.05, 0) is 49.8 Å². The fourth-order valence-corrected chi connectivity index (χ4v) is 4.18. The standard InChI is InChI=1S/C21H34N5O7P/c1-15(27)24-18(6-2-3-11-23-22)20(28)25-19(21(29)26-12-4-5-13-26)14-16-7-9-17(10-8-16)33-34(30,31)32/h7-10,18-19,23H,2-6,11-14,22H2,1H3,(H,24,27)(H,25,28)(H2,30,31,32)/t18-,19-/m0/s1. The molecular weight excluding hydrogens is 465 g/mol. The Kier molecular flexibility index (Phi) is 10.9. The topological polar surface area (TPSA) is 183 Å². The van der Waals surface area contributed by atoms with Crippen LogP contribution in [0.25, 0.3) is 0 Å². The van der Waals surface area contributed by atoms with Crippen molar-refractivity contribution in [1.82, 2.24) is 21.0 Å². The maximum atomic E-state index is 13.2. The third-order valence-corrected chi connectivity index (χ3v) is 5.83. The molecule has 0 bridgehead atoms. The molecule has 13 heteroatoms. The summed E-state index contributed by atoms with van der Waals surface area (Å²) >= 11 is 0. The maximum absolute atomic E-state index is 13.2. The van der Waals surface area contributed by atoms with Crippen LogP contribution in [0, 0.1) is 0 Å². The van der Waals surface area contributed by atoms with Crippen LogP contribution in [-0.4, -0.2) is 64.1 Å². The molecule has 0 unspecified atom stereocenters. The largest absolute Gasteiger partial charge is 0.524 e. The van der Waals surface area contributed by atoms with Crippen molar-refractivity contribution >= 4 is 25.5 Å². The monoisotopic (exact) mass is 499 g/mol. The summed E-state index contributed by atoms with van der Waals surface area (Å²) < 4.78 is 15.6. The van der Waals surface area contributed by atoms with Crippen molar-refractivity contribution in [3.8, 4) is 5.75 Å². The van der Waals surface area contributed by atoms with E-state index in [9.17, 15) is 18.9 Å². The van der Waals surface area contributed by atoms with Crippen LogP contribution in [0.1, 0.15) is 44.6 Å². The minimum atomic E-state index is -4.68. The summed E-state index contributed by atoms with van der Waals surface area (Å²) in [4.78, 5) is 57.4. The molecule has 1 fully saturated rings. The summed E-state index contributed by atoms with van der Waals surface area (Å²) in [6, 6.07) is 4.28. The number of likely N-dealkylation sites (tertiary alicyclic amines) is 1. The van der Waals surface area contributed by atoms with Gasteiger partial charge in [0.15, 0.2) is 0 Å².